The van der Waals surface area contributed by atoms with Crippen molar-refractivity contribution in [2.24, 2.45) is 17.3 Å². The molecule has 4 aromatic rings. The van der Waals surface area contributed by atoms with Gasteiger partial charge in [0.1, 0.15) is 22.8 Å². The molecule has 2 N–H and O–H groups in total. The van der Waals surface area contributed by atoms with Gasteiger partial charge in [-0.15, -0.1) is 11.3 Å². The Morgan fingerprint density at radius 3 is 2.56 bits per heavy atom. The molecule has 6 bridgehead atoms. The van der Waals surface area contributed by atoms with Gasteiger partial charge in [-0.1, -0.05) is 40.7 Å². The van der Waals surface area contributed by atoms with E-state index in [1.165, 1.54) is 21.2 Å². The number of nitrogens with zero attached hydrogens (tertiary/aromatic N) is 6. The van der Waals surface area contributed by atoms with E-state index in [2.05, 4.69) is 70.6 Å². The molecule has 341 valence electrons. The maximum Gasteiger partial charge on any atom is 0.325 e. The van der Waals surface area contributed by atoms with E-state index >= 15 is 0 Å². The van der Waals surface area contributed by atoms with E-state index in [0.717, 1.165) is 57.5 Å². The fourth-order valence-corrected chi connectivity index (χ4v) is 11.1. The highest BCUT2D eigenvalue weighted by atomic mass is 32.1. The van der Waals surface area contributed by atoms with Crippen molar-refractivity contribution in [3.63, 3.8) is 0 Å². The lowest BCUT2D eigenvalue weighted by molar-refractivity contribution is -0.158. The Morgan fingerprint density at radius 2 is 1.89 bits per heavy atom. The molecule has 17 heteroatoms. The standard InChI is InChI=1S/C47H61N8O7SSi/c1-10-54-35-14-13-29-20-32(35)33(39(54)31-12-11-18-48-40(31)46(61-9)16-17-46)21-45(5,6)26-62-42(57)37-28(4)15-19-55(51-37)43(58)47(64,22-36-49-34(29)25-63-36)50-41(56)38(27(2)3)52(7)44(59)53-23-30(24-53)60-8/h11-14,18,20,25,27-28,30,37-38,51H,10,15-17,19,21-24,26H2,1-9H3,(H,50,56)/t28-,37?,38-,47+/m0/s1. The number of amides is 4. The molecule has 1 unspecified atom stereocenters. The van der Waals surface area contributed by atoms with Crippen LogP contribution in [-0.2, 0) is 53.6 Å². The lowest BCUT2D eigenvalue weighted by Gasteiger charge is -2.44. The first-order chi connectivity index (χ1) is 30.4. The number of benzene rings is 1. The molecular formula is C47H61N8O7SSi. The molecule has 15 nitrogen and oxygen atoms in total. The van der Waals surface area contributed by atoms with Gasteiger partial charge < -0.3 is 33.9 Å². The molecule has 0 spiro atoms. The fourth-order valence-electron chi connectivity index (χ4n) is 9.65. The number of rotatable bonds is 9. The summed E-state index contributed by atoms with van der Waals surface area (Å²) in [5.41, 5.74) is 9.09. The van der Waals surface area contributed by atoms with E-state index in [4.69, 9.17) is 24.2 Å². The smallest absolute Gasteiger partial charge is 0.325 e. The van der Waals surface area contributed by atoms with Crippen LogP contribution >= 0.6 is 11.3 Å². The quantitative estimate of drug-likeness (QED) is 0.167. The fraction of sp³-hybridized carbons (Fsp3) is 0.574. The molecule has 8 rings (SSSR count). The molecule has 4 atom stereocenters. The highest BCUT2D eigenvalue weighted by molar-refractivity contribution is 7.10. The van der Waals surface area contributed by atoms with Crippen LogP contribution in [0.15, 0.2) is 41.9 Å². The number of urea groups is 1. The minimum absolute atomic E-state index is 0.0187. The first-order valence-electron chi connectivity index (χ1n) is 22.4. The number of cyclic esters (lactones) is 1. The number of methoxy groups -OCH3 is 2. The highest BCUT2D eigenvalue weighted by Gasteiger charge is 2.49. The number of esters is 1. The van der Waals surface area contributed by atoms with Crippen LogP contribution in [0.2, 0.25) is 0 Å². The van der Waals surface area contributed by atoms with Crippen LogP contribution in [0.3, 0.4) is 0 Å². The second-order valence-corrected chi connectivity index (χ2v) is 21.0. The summed E-state index contributed by atoms with van der Waals surface area (Å²) in [6, 6.07) is 8.49. The summed E-state index contributed by atoms with van der Waals surface area (Å²) in [5.74, 6) is -1.92. The van der Waals surface area contributed by atoms with Crippen molar-refractivity contribution in [2.45, 2.75) is 109 Å². The summed E-state index contributed by atoms with van der Waals surface area (Å²) < 4.78 is 20.0. The van der Waals surface area contributed by atoms with Crippen LogP contribution < -0.4 is 10.7 Å². The number of hydrogen-bond donors (Lipinski definition) is 2. The zero-order chi connectivity index (χ0) is 45.9. The number of hydrogen-bond acceptors (Lipinski definition) is 11. The molecule has 3 radical (unpaired) electrons. The first-order valence-corrected chi connectivity index (χ1v) is 23.8. The van der Waals surface area contributed by atoms with Crippen molar-refractivity contribution < 1.29 is 33.4 Å². The summed E-state index contributed by atoms with van der Waals surface area (Å²) in [7, 11) is 8.79. The molecule has 6 heterocycles. The Hall–Kier alpha value is -4.68. The number of likely N-dealkylation sites (N-methyl/N-ethyl adjacent to an activating group) is 1. The average molecular weight is 910 g/mol. The zero-order valence-corrected chi connectivity index (χ0v) is 40.3. The summed E-state index contributed by atoms with van der Waals surface area (Å²) in [6.45, 7) is 14.0. The zero-order valence-electron chi connectivity index (χ0n) is 38.4. The number of ether oxygens (including phenoxy) is 3. The second kappa shape index (κ2) is 17.6. The summed E-state index contributed by atoms with van der Waals surface area (Å²) in [4.78, 5) is 70.3. The number of hydrazine groups is 1. The normalized spacial score (nSPS) is 23.9. The topological polar surface area (TPSA) is 160 Å². The molecule has 4 aliphatic rings. The number of carbonyl (C=O) groups is 4. The van der Waals surface area contributed by atoms with E-state index in [1.807, 2.05) is 38.4 Å². The number of aryl methyl sites for hydroxylation is 1. The van der Waals surface area contributed by atoms with Crippen LogP contribution in [0.4, 0.5) is 4.79 Å². The van der Waals surface area contributed by atoms with Gasteiger partial charge in [-0.2, -0.15) is 0 Å². The maximum atomic E-state index is 14.9. The molecule has 2 saturated heterocycles. The van der Waals surface area contributed by atoms with Crippen molar-refractivity contribution >= 4 is 56.3 Å². The molecule has 64 heavy (non-hydrogen) atoms. The monoisotopic (exact) mass is 909 g/mol. The van der Waals surface area contributed by atoms with Gasteiger partial charge in [0, 0.05) is 79.8 Å². The first kappa shape index (κ1) is 45.9. The van der Waals surface area contributed by atoms with Crippen molar-refractivity contribution in [1.82, 2.24) is 40.1 Å². The number of thiazole rings is 1. The van der Waals surface area contributed by atoms with Crippen molar-refractivity contribution in [3.8, 4) is 22.5 Å². The third kappa shape index (κ3) is 8.49. The van der Waals surface area contributed by atoms with E-state index < -0.39 is 46.0 Å². The molecule has 3 fully saturated rings. The molecule has 1 aliphatic carbocycles. The Morgan fingerprint density at radius 1 is 1.14 bits per heavy atom. The Bertz CT molecular complexity index is 2440. The predicted molar refractivity (Wildman–Crippen MR) is 245 cm³/mol. The molecule has 3 aromatic heterocycles. The van der Waals surface area contributed by atoms with Gasteiger partial charge in [-0.05, 0) is 74.3 Å². The van der Waals surface area contributed by atoms with Crippen LogP contribution in [0.25, 0.3) is 33.4 Å². The summed E-state index contributed by atoms with van der Waals surface area (Å²) >= 11 is 1.40. The second-order valence-electron chi connectivity index (χ2n) is 19.2. The van der Waals surface area contributed by atoms with Crippen LogP contribution in [-0.4, -0.2) is 134 Å². The van der Waals surface area contributed by atoms with Gasteiger partial charge >= 0.3 is 12.0 Å². The minimum atomic E-state index is -1.72. The predicted octanol–water partition coefficient (Wildman–Crippen LogP) is 5.28. The molecule has 1 saturated carbocycles. The van der Waals surface area contributed by atoms with E-state index in [-0.39, 0.29) is 43.5 Å². The number of nitrogens with one attached hydrogen (secondary N) is 2. The van der Waals surface area contributed by atoms with Gasteiger partial charge in [-0.25, -0.2) is 15.2 Å². The number of pyridine rings is 1. The number of fused-ring (bicyclic) bond motifs is 6. The van der Waals surface area contributed by atoms with E-state index in [0.29, 0.717) is 37.5 Å². The van der Waals surface area contributed by atoms with E-state index in [1.54, 1.807) is 26.2 Å². The SMILES string of the molecule is CCn1c(-c2cccnc2C2(OC)CC2)c2c3cc(ccc31)-c1csc(n1)C[C@]([Si])(NC(=O)[C@H](C(C)C)N(C)C(=O)N1CC(OC)C1)C(=O)N1CC[C@H](C)C(N1)C(=O)OCC(C)(C)C2. The van der Waals surface area contributed by atoms with Crippen LogP contribution in [0.5, 0.6) is 0 Å². The number of aromatic nitrogens is 3. The number of carbonyl (C=O) groups excluding carboxylic acids is 4. The Balaban J connectivity index is 1.21. The van der Waals surface area contributed by atoms with Gasteiger partial charge in [0.25, 0.3) is 5.91 Å². The van der Waals surface area contributed by atoms with Gasteiger partial charge in [0.2, 0.25) is 5.91 Å². The van der Waals surface area contributed by atoms with Gasteiger partial charge in [0.05, 0.1) is 58.1 Å². The van der Waals surface area contributed by atoms with Gasteiger partial charge in [0.15, 0.2) is 0 Å². The number of likely N-dealkylation sites (tertiary alicyclic amines) is 1. The lowest BCUT2D eigenvalue weighted by Crippen LogP contribution is -2.70. The molecule has 4 amide bonds. The Kier molecular flexibility index (Phi) is 12.6. The van der Waals surface area contributed by atoms with Crippen molar-refractivity contribution in [2.75, 3.05) is 47.5 Å². The van der Waals surface area contributed by atoms with Crippen LogP contribution in [0, 0.1) is 17.3 Å². The lowest BCUT2D eigenvalue weighted by atomic mass is 9.84. The maximum absolute atomic E-state index is 14.9. The molecule has 1 aromatic carbocycles. The molecular weight excluding hydrogens is 849 g/mol. The Labute approximate surface area is 383 Å². The third-order valence-corrected chi connectivity index (χ3v) is 14.9. The summed E-state index contributed by atoms with van der Waals surface area (Å²) in [5, 5.41) is 6.35. The highest BCUT2D eigenvalue weighted by Crippen LogP contribution is 2.52. The van der Waals surface area contributed by atoms with Crippen molar-refractivity contribution in [1.29, 1.82) is 0 Å². The molecule has 3 aliphatic heterocycles. The van der Waals surface area contributed by atoms with Crippen molar-refractivity contribution in [3.05, 3.63) is 58.2 Å². The van der Waals surface area contributed by atoms with Gasteiger partial charge in [-0.3, -0.25) is 24.4 Å². The largest absolute Gasteiger partial charge is 0.464 e. The minimum Gasteiger partial charge on any atom is -0.464 e. The summed E-state index contributed by atoms with van der Waals surface area (Å²) in [6.07, 6.45) is 4.66. The van der Waals surface area contributed by atoms with E-state index in [9.17, 15) is 19.2 Å². The average Bonchev–Trinajstić information content (AvgIpc) is 3.82. The van der Waals surface area contributed by atoms with Crippen LogP contribution in [0.1, 0.15) is 77.1 Å². The third-order valence-electron chi connectivity index (χ3n) is 13.5.